The summed E-state index contributed by atoms with van der Waals surface area (Å²) in [5.41, 5.74) is 0. The molecule has 0 aliphatic carbocycles. The maximum absolute atomic E-state index is 10.3. The molecule has 1 aromatic carbocycles. The minimum atomic E-state index is -0.840. The van der Waals surface area contributed by atoms with E-state index in [-0.39, 0.29) is 6.42 Å². The standard InChI is InChI=1S/C10H10O4/c11-9(12)5-6-10-13-7-3-1-2-4-8(7)14-10/h1-4,10H,5-6H2,(H,11,12). The molecule has 0 radical (unpaired) electrons. The first-order chi connectivity index (χ1) is 6.75. The number of carboxylic acids is 1. The van der Waals surface area contributed by atoms with Crippen molar-refractivity contribution in [1.82, 2.24) is 0 Å². The molecule has 1 aromatic rings. The van der Waals surface area contributed by atoms with E-state index in [0.717, 1.165) is 0 Å². The maximum Gasteiger partial charge on any atom is 0.303 e. The molecule has 0 unspecified atom stereocenters. The van der Waals surface area contributed by atoms with Gasteiger partial charge in [0.05, 0.1) is 6.42 Å². The first-order valence-electron chi connectivity index (χ1n) is 4.40. The molecule has 0 saturated carbocycles. The van der Waals surface area contributed by atoms with Crippen LogP contribution in [0.3, 0.4) is 0 Å². The van der Waals surface area contributed by atoms with Crippen molar-refractivity contribution in [2.45, 2.75) is 19.1 Å². The number of benzene rings is 1. The molecule has 1 N–H and O–H groups in total. The number of para-hydroxylation sites is 2. The Morgan fingerprint density at radius 1 is 1.29 bits per heavy atom. The molecule has 4 nitrogen and oxygen atoms in total. The number of carboxylic acid groups (broad SMARTS) is 1. The first kappa shape index (κ1) is 8.87. The second-order valence-corrected chi connectivity index (χ2v) is 3.04. The fourth-order valence-corrected chi connectivity index (χ4v) is 1.31. The Balaban J connectivity index is 1.95. The molecule has 0 saturated heterocycles. The van der Waals surface area contributed by atoms with Gasteiger partial charge in [0.15, 0.2) is 11.5 Å². The third-order valence-electron chi connectivity index (χ3n) is 1.96. The van der Waals surface area contributed by atoms with Gasteiger partial charge in [0.25, 0.3) is 0 Å². The van der Waals surface area contributed by atoms with Crippen LogP contribution in [0, 0.1) is 0 Å². The quantitative estimate of drug-likeness (QED) is 0.794. The van der Waals surface area contributed by atoms with E-state index in [1.807, 2.05) is 12.1 Å². The van der Waals surface area contributed by atoms with Crippen molar-refractivity contribution in [1.29, 1.82) is 0 Å². The molecule has 4 heteroatoms. The summed E-state index contributed by atoms with van der Waals surface area (Å²) in [6, 6.07) is 7.30. The van der Waals surface area contributed by atoms with Gasteiger partial charge in [-0.05, 0) is 12.1 Å². The molecule has 0 bridgehead atoms. The second-order valence-electron chi connectivity index (χ2n) is 3.04. The number of carbonyl (C=O) groups is 1. The van der Waals surface area contributed by atoms with Crippen molar-refractivity contribution < 1.29 is 19.4 Å². The molecular weight excluding hydrogens is 184 g/mol. The normalized spacial score (nSPS) is 14.3. The summed E-state index contributed by atoms with van der Waals surface area (Å²) in [4.78, 5) is 10.3. The molecule has 0 fully saturated rings. The maximum atomic E-state index is 10.3. The van der Waals surface area contributed by atoms with Crippen LogP contribution in [0.4, 0.5) is 0 Å². The number of aliphatic carboxylic acids is 1. The van der Waals surface area contributed by atoms with Gasteiger partial charge in [-0.25, -0.2) is 0 Å². The second kappa shape index (κ2) is 3.57. The monoisotopic (exact) mass is 194 g/mol. The van der Waals surface area contributed by atoms with Crippen LogP contribution >= 0.6 is 0 Å². The van der Waals surface area contributed by atoms with Crippen molar-refractivity contribution in [2.24, 2.45) is 0 Å². The molecule has 74 valence electrons. The summed E-state index contributed by atoms with van der Waals surface area (Å²) >= 11 is 0. The van der Waals surface area contributed by atoms with Gasteiger partial charge in [-0.3, -0.25) is 4.79 Å². The van der Waals surface area contributed by atoms with Crippen LogP contribution in [0.2, 0.25) is 0 Å². The number of fused-ring (bicyclic) bond motifs is 1. The average molecular weight is 194 g/mol. The third-order valence-corrected chi connectivity index (χ3v) is 1.96. The zero-order chi connectivity index (χ0) is 9.97. The summed E-state index contributed by atoms with van der Waals surface area (Å²) < 4.78 is 10.7. The van der Waals surface area contributed by atoms with Crippen LogP contribution in [0.1, 0.15) is 12.8 Å². The summed E-state index contributed by atoms with van der Waals surface area (Å²) in [5, 5.41) is 8.48. The van der Waals surface area contributed by atoms with Crippen LogP contribution in [0.5, 0.6) is 11.5 Å². The van der Waals surface area contributed by atoms with E-state index < -0.39 is 12.3 Å². The lowest BCUT2D eigenvalue weighted by Crippen LogP contribution is -2.19. The van der Waals surface area contributed by atoms with E-state index in [4.69, 9.17) is 14.6 Å². The minimum Gasteiger partial charge on any atom is -0.481 e. The lowest BCUT2D eigenvalue weighted by molar-refractivity contribution is -0.138. The molecule has 0 spiro atoms. The van der Waals surface area contributed by atoms with E-state index in [9.17, 15) is 4.79 Å². The van der Waals surface area contributed by atoms with Gasteiger partial charge in [0, 0.05) is 6.42 Å². The predicted molar refractivity (Wildman–Crippen MR) is 48.4 cm³/mol. The van der Waals surface area contributed by atoms with Crippen LogP contribution in [0.25, 0.3) is 0 Å². The van der Waals surface area contributed by atoms with E-state index in [0.29, 0.717) is 17.9 Å². The summed E-state index contributed by atoms with van der Waals surface area (Å²) in [5.74, 6) is 0.527. The Kier molecular flexibility index (Phi) is 2.26. The van der Waals surface area contributed by atoms with Crippen molar-refractivity contribution in [3.05, 3.63) is 24.3 Å². The van der Waals surface area contributed by atoms with Gasteiger partial charge in [-0.15, -0.1) is 0 Å². The minimum absolute atomic E-state index is 0.0542. The number of ether oxygens (including phenoxy) is 2. The number of hydrogen-bond donors (Lipinski definition) is 1. The average Bonchev–Trinajstić information content (AvgIpc) is 2.57. The van der Waals surface area contributed by atoms with Crippen LogP contribution in [0.15, 0.2) is 24.3 Å². The predicted octanol–water partition coefficient (Wildman–Crippen LogP) is 1.65. The largest absolute Gasteiger partial charge is 0.481 e. The summed E-state index contributed by atoms with van der Waals surface area (Å²) in [6.07, 6.45) is -0.0358. The molecule has 2 rings (SSSR count). The SMILES string of the molecule is O=C(O)CCC1Oc2ccccc2O1. The highest BCUT2D eigenvalue weighted by atomic mass is 16.7. The zero-order valence-corrected chi connectivity index (χ0v) is 7.47. The van der Waals surface area contributed by atoms with Crippen molar-refractivity contribution in [2.75, 3.05) is 0 Å². The van der Waals surface area contributed by atoms with Crippen molar-refractivity contribution in [3.63, 3.8) is 0 Å². The highest BCUT2D eigenvalue weighted by Crippen LogP contribution is 2.34. The van der Waals surface area contributed by atoms with Crippen LogP contribution < -0.4 is 9.47 Å². The Labute approximate surface area is 81.1 Å². The van der Waals surface area contributed by atoms with Gasteiger partial charge < -0.3 is 14.6 Å². The summed E-state index contributed by atoms with van der Waals surface area (Å²) in [7, 11) is 0. The molecule has 0 aromatic heterocycles. The Bertz CT molecular complexity index is 323. The molecule has 14 heavy (non-hydrogen) atoms. The third kappa shape index (κ3) is 1.79. The topological polar surface area (TPSA) is 55.8 Å². The number of rotatable bonds is 3. The smallest absolute Gasteiger partial charge is 0.303 e. The Morgan fingerprint density at radius 3 is 2.36 bits per heavy atom. The van der Waals surface area contributed by atoms with Crippen LogP contribution in [-0.2, 0) is 4.79 Å². The van der Waals surface area contributed by atoms with Gasteiger partial charge in [-0.2, -0.15) is 0 Å². The van der Waals surface area contributed by atoms with Crippen molar-refractivity contribution >= 4 is 5.97 Å². The highest BCUT2D eigenvalue weighted by Gasteiger charge is 2.23. The van der Waals surface area contributed by atoms with E-state index in [1.165, 1.54) is 0 Å². The molecule has 0 atom stereocenters. The van der Waals surface area contributed by atoms with Crippen LogP contribution in [-0.4, -0.2) is 17.4 Å². The van der Waals surface area contributed by atoms with Crippen molar-refractivity contribution in [3.8, 4) is 11.5 Å². The Morgan fingerprint density at radius 2 is 1.86 bits per heavy atom. The fraction of sp³-hybridized carbons (Fsp3) is 0.300. The lowest BCUT2D eigenvalue weighted by atomic mass is 10.3. The highest BCUT2D eigenvalue weighted by molar-refractivity contribution is 5.66. The van der Waals surface area contributed by atoms with Gasteiger partial charge in [0.2, 0.25) is 6.29 Å². The number of hydrogen-bond acceptors (Lipinski definition) is 3. The first-order valence-corrected chi connectivity index (χ1v) is 4.40. The van der Waals surface area contributed by atoms with E-state index in [1.54, 1.807) is 12.1 Å². The zero-order valence-electron chi connectivity index (χ0n) is 7.47. The van der Waals surface area contributed by atoms with Gasteiger partial charge in [-0.1, -0.05) is 12.1 Å². The fourth-order valence-electron chi connectivity index (χ4n) is 1.31. The molecule has 1 aliphatic rings. The van der Waals surface area contributed by atoms with Gasteiger partial charge >= 0.3 is 5.97 Å². The van der Waals surface area contributed by atoms with Gasteiger partial charge in [0.1, 0.15) is 0 Å². The lowest BCUT2D eigenvalue weighted by Gasteiger charge is -2.07. The van der Waals surface area contributed by atoms with E-state index in [2.05, 4.69) is 0 Å². The molecule has 1 heterocycles. The molecular formula is C10H10O4. The molecule has 1 aliphatic heterocycles. The molecule has 0 amide bonds. The van der Waals surface area contributed by atoms with E-state index >= 15 is 0 Å². The summed E-state index contributed by atoms with van der Waals surface area (Å²) in [6.45, 7) is 0. The Hall–Kier alpha value is -1.71.